The number of rotatable bonds is 0. The molecule has 0 fully saturated rings. The zero-order chi connectivity index (χ0) is 14.5. The SMILES string of the molecule is Cc1cnc2c(c1)c(=O)oc1cc(C(F)(F)F)ccc12. The van der Waals surface area contributed by atoms with Crippen molar-refractivity contribution in [3.8, 4) is 0 Å². The molecule has 0 N–H and O–H groups in total. The third kappa shape index (κ3) is 1.93. The maximum Gasteiger partial charge on any atom is 0.416 e. The first-order valence-corrected chi connectivity index (χ1v) is 5.77. The Morgan fingerprint density at radius 2 is 1.90 bits per heavy atom. The van der Waals surface area contributed by atoms with Gasteiger partial charge >= 0.3 is 11.8 Å². The molecule has 3 aromatic rings. The minimum absolute atomic E-state index is 0.117. The molecular weight excluding hydrogens is 271 g/mol. The Bertz CT molecular complexity index is 881. The molecule has 102 valence electrons. The Morgan fingerprint density at radius 3 is 2.60 bits per heavy atom. The zero-order valence-corrected chi connectivity index (χ0v) is 10.3. The van der Waals surface area contributed by atoms with E-state index >= 15 is 0 Å². The lowest BCUT2D eigenvalue weighted by Gasteiger charge is -2.08. The van der Waals surface area contributed by atoms with Crippen LogP contribution in [-0.4, -0.2) is 4.98 Å². The second-order valence-electron chi connectivity index (χ2n) is 4.51. The fraction of sp³-hybridized carbons (Fsp3) is 0.143. The van der Waals surface area contributed by atoms with Crippen LogP contribution in [-0.2, 0) is 6.18 Å². The molecule has 3 nitrogen and oxygen atoms in total. The molecule has 0 spiro atoms. The first-order valence-electron chi connectivity index (χ1n) is 5.77. The van der Waals surface area contributed by atoms with E-state index in [0.717, 1.165) is 17.7 Å². The second kappa shape index (κ2) is 4.06. The summed E-state index contributed by atoms with van der Waals surface area (Å²) in [6.45, 7) is 1.77. The zero-order valence-electron chi connectivity index (χ0n) is 10.3. The van der Waals surface area contributed by atoms with Crippen molar-refractivity contribution in [2.75, 3.05) is 0 Å². The number of benzene rings is 1. The van der Waals surface area contributed by atoms with Gasteiger partial charge in [0.15, 0.2) is 0 Å². The molecule has 20 heavy (non-hydrogen) atoms. The van der Waals surface area contributed by atoms with Crippen molar-refractivity contribution in [2.24, 2.45) is 0 Å². The summed E-state index contributed by atoms with van der Waals surface area (Å²) in [6.07, 6.45) is -2.93. The molecule has 0 bridgehead atoms. The maximum atomic E-state index is 12.6. The number of fused-ring (bicyclic) bond motifs is 3. The third-order valence-corrected chi connectivity index (χ3v) is 3.01. The first-order chi connectivity index (χ1) is 9.36. The van der Waals surface area contributed by atoms with Gasteiger partial charge in [0.25, 0.3) is 0 Å². The molecule has 2 aromatic heterocycles. The summed E-state index contributed by atoms with van der Waals surface area (Å²) in [7, 11) is 0. The minimum atomic E-state index is -4.48. The highest BCUT2D eigenvalue weighted by atomic mass is 19.4. The van der Waals surface area contributed by atoms with E-state index < -0.39 is 17.4 Å². The highest BCUT2D eigenvalue weighted by molar-refractivity contribution is 6.01. The van der Waals surface area contributed by atoms with Gasteiger partial charge in [-0.2, -0.15) is 13.2 Å². The molecular formula is C14H8F3NO2. The Balaban J connectivity index is 2.43. The number of pyridine rings is 1. The quantitative estimate of drug-likeness (QED) is 0.466. The number of nitrogens with zero attached hydrogens (tertiary/aromatic N) is 1. The van der Waals surface area contributed by atoms with Gasteiger partial charge in [-0.1, -0.05) is 0 Å². The van der Waals surface area contributed by atoms with Crippen molar-refractivity contribution in [2.45, 2.75) is 13.1 Å². The number of alkyl halides is 3. The van der Waals surface area contributed by atoms with E-state index in [-0.39, 0.29) is 11.0 Å². The Hall–Kier alpha value is -2.37. The van der Waals surface area contributed by atoms with E-state index in [1.165, 1.54) is 6.07 Å². The van der Waals surface area contributed by atoms with Crippen LogP contribution in [0.15, 0.2) is 39.7 Å². The van der Waals surface area contributed by atoms with Crippen LogP contribution in [0.3, 0.4) is 0 Å². The van der Waals surface area contributed by atoms with Crippen molar-refractivity contribution in [3.05, 3.63) is 52.0 Å². The van der Waals surface area contributed by atoms with Crippen LogP contribution in [0, 0.1) is 6.92 Å². The molecule has 6 heteroatoms. The van der Waals surface area contributed by atoms with E-state index in [9.17, 15) is 18.0 Å². The molecule has 3 rings (SSSR count). The number of hydrogen-bond acceptors (Lipinski definition) is 3. The summed E-state index contributed by atoms with van der Waals surface area (Å²) in [5.74, 6) is 0. The van der Waals surface area contributed by atoms with Gasteiger partial charge in [-0.25, -0.2) is 4.79 Å². The lowest BCUT2D eigenvalue weighted by atomic mass is 10.1. The van der Waals surface area contributed by atoms with E-state index in [4.69, 9.17) is 4.42 Å². The Kier molecular flexibility index (Phi) is 2.57. The average molecular weight is 279 g/mol. The largest absolute Gasteiger partial charge is 0.422 e. The van der Waals surface area contributed by atoms with Gasteiger partial charge in [-0.05, 0) is 36.8 Å². The molecule has 0 amide bonds. The molecule has 0 unspecified atom stereocenters. The summed E-state index contributed by atoms with van der Waals surface area (Å²) in [5, 5.41) is 0.643. The second-order valence-corrected chi connectivity index (χ2v) is 4.51. The first kappa shape index (κ1) is 12.7. The van der Waals surface area contributed by atoms with Gasteiger partial charge in [0.2, 0.25) is 0 Å². The van der Waals surface area contributed by atoms with Gasteiger partial charge < -0.3 is 4.42 Å². The third-order valence-electron chi connectivity index (χ3n) is 3.01. The predicted molar refractivity (Wildman–Crippen MR) is 67.5 cm³/mol. The smallest absolute Gasteiger partial charge is 0.416 e. The fourth-order valence-electron chi connectivity index (χ4n) is 2.07. The summed E-state index contributed by atoms with van der Waals surface area (Å²) >= 11 is 0. The van der Waals surface area contributed by atoms with Gasteiger partial charge in [0, 0.05) is 11.6 Å². The van der Waals surface area contributed by atoms with Gasteiger partial charge in [-0.15, -0.1) is 0 Å². The summed E-state index contributed by atoms with van der Waals surface area (Å²) in [5.41, 5.74) is -0.553. The predicted octanol–water partition coefficient (Wildman–Crippen LogP) is 3.67. The van der Waals surface area contributed by atoms with E-state index in [1.807, 2.05) is 0 Å². The van der Waals surface area contributed by atoms with Crippen molar-refractivity contribution < 1.29 is 17.6 Å². The normalized spacial score (nSPS) is 12.2. The van der Waals surface area contributed by atoms with Crippen LogP contribution < -0.4 is 5.63 Å². The van der Waals surface area contributed by atoms with E-state index in [0.29, 0.717) is 10.9 Å². The minimum Gasteiger partial charge on any atom is -0.422 e. The summed E-state index contributed by atoms with van der Waals surface area (Å²) < 4.78 is 42.9. The van der Waals surface area contributed by atoms with Crippen molar-refractivity contribution in [1.82, 2.24) is 4.98 Å². The fourth-order valence-corrected chi connectivity index (χ4v) is 2.07. The standard InChI is InChI=1S/C14H8F3NO2/c1-7-4-10-12(18-6-7)9-3-2-8(14(15,16)17)5-11(9)20-13(10)19/h2-6H,1H3. The molecule has 1 aromatic carbocycles. The molecule has 0 aliphatic heterocycles. The lowest BCUT2D eigenvalue weighted by molar-refractivity contribution is -0.137. The van der Waals surface area contributed by atoms with Gasteiger partial charge in [0.1, 0.15) is 5.58 Å². The Labute approximate surface area is 110 Å². The molecule has 0 aliphatic carbocycles. The highest BCUT2D eigenvalue weighted by Gasteiger charge is 2.31. The maximum absolute atomic E-state index is 12.6. The summed E-state index contributed by atoms with van der Waals surface area (Å²) in [6, 6.07) is 4.64. The van der Waals surface area contributed by atoms with Crippen LogP contribution >= 0.6 is 0 Å². The lowest BCUT2D eigenvalue weighted by Crippen LogP contribution is -2.06. The van der Waals surface area contributed by atoms with Crippen molar-refractivity contribution in [1.29, 1.82) is 0 Å². The van der Waals surface area contributed by atoms with Crippen LogP contribution in [0.4, 0.5) is 13.2 Å². The van der Waals surface area contributed by atoms with Crippen LogP contribution in [0.1, 0.15) is 11.1 Å². The van der Waals surface area contributed by atoms with Crippen LogP contribution in [0.5, 0.6) is 0 Å². The number of hydrogen-bond donors (Lipinski definition) is 0. The summed E-state index contributed by atoms with van der Waals surface area (Å²) in [4.78, 5) is 15.9. The molecule has 0 saturated heterocycles. The van der Waals surface area contributed by atoms with E-state index in [2.05, 4.69) is 4.98 Å². The Morgan fingerprint density at radius 1 is 1.15 bits per heavy atom. The topological polar surface area (TPSA) is 43.1 Å². The highest BCUT2D eigenvalue weighted by Crippen LogP contribution is 2.32. The molecule has 0 radical (unpaired) electrons. The molecule has 0 aliphatic rings. The molecule has 0 saturated carbocycles. The van der Waals surface area contributed by atoms with Crippen molar-refractivity contribution >= 4 is 21.9 Å². The number of halogens is 3. The van der Waals surface area contributed by atoms with Crippen molar-refractivity contribution in [3.63, 3.8) is 0 Å². The average Bonchev–Trinajstić information content (AvgIpc) is 2.37. The number of aromatic nitrogens is 1. The van der Waals surface area contributed by atoms with Crippen LogP contribution in [0.25, 0.3) is 21.9 Å². The monoisotopic (exact) mass is 279 g/mol. The number of aryl methyl sites for hydroxylation is 1. The molecule has 2 heterocycles. The van der Waals surface area contributed by atoms with Gasteiger partial charge in [0.05, 0.1) is 16.5 Å². The van der Waals surface area contributed by atoms with Crippen LogP contribution in [0.2, 0.25) is 0 Å². The van der Waals surface area contributed by atoms with E-state index in [1.54, 1.807) is 19.2 Å². The molecule has 0 atom stereocenters. The van der Waals surface area contributed by atoms with Gasteiger partial charge in [-0.3, -0.25) is 4.98 Å².